The van der Waals surface area contributed by atoms with Crippen molar-refractivity contribution in [1.82, 2.24) is 4.98 Å². The van der Waals surface area contributed by atoms with Crippen molar-refractivity contribution >= 4 is 29.4 Å². The molecule has 130 valence electrons. The van der Waals surface area contributed by atoms with Gasteiger partial charge in [0.1, 0.15) is 6.26 Å². The fourth-order valence-corrected chi connectivity index (χ4v) is 2.19. The molecule has 4 N–H and O–H groups in total. The van der Waals surface area contributed by atoms with E-state index in [0.717, 1.165) is 6.26 Å². The maximum absolute atomic E-state index is 12.3. The number of nitrogens with two attached hydrogens (primary N) is 1. The minimum Gasteiger partial charge on any atom is -0.431 e. The van der Waals surface area contributed by atoms with E-state index in [1.54, 1.807) is 42.5 Å². The molecule has 0 fully saturated rings. The molecule has 3 aromatic rings. The molecular formula is C18H14N4O4. The highest BCUT2D eigenvalue weighted by Gasteiger charge is 2.17. The molecule has 0 saturated heterocycles. The van der Waals surface area contributed by atoms with Crippen LogP contribution in [0.2, 0.25) is 0 Å². The van der Waals surface area contributed by atoms with Gasteiger partial charge < -0.3 is 15.5 Å². The Morgan fingerprint density at radius 3 is 2.31 bits per heavy atom. The maximum Gasteiger partial charge on any atom is 0.302 e. The zero-order valence-electron chi connectivity index (χ0n) is 13.4. The Labute approximate surface area is 148 Å². The molecule has 0 radical (unpaired) electrons. The van der Waals surface area contributed by atoms with E-state index < -0.39 is 17.7 Å². The topological polar surface area (TPSA) is 127 Å². The number of oxazole rings is 1. The van der Waals surface area contributed by atoms with Gasteiger partial charge in [0, 0.05) is 5.56 Å². The summed E-state index contributed by atoms with van der Waals surface area (Å²) in [4.78, 5) is 39.6. The summed E-state index contributed by atoms with van der Waals surface area (Å²) in [6.07, 6.45) is 1.10. The summed E-state index contributed by atoms with van der Waals surface area (Å²) in [7, 11) is 0. The highest BCUT2D eigenvalue weighted by molar-refractivity contribution is 6.08. The largest absolute Gasteiger partial charge is 0.431 e. The lowest BCUT2D eigenvalue weighted by Crippen LogP contribution is -2.18. The first-order valence-electron chi connectivity index (χ1n) is 7.56. The Morgan fingerprint density at radius 2 is 1.58 bits per heavy atom. The molecule has 26 heavy (non-hydrogen) atoms. The van der Waals surface area contributed by atoms with E-state index in [9.17, 15) is 14.4 Å². The molecule has 0 aliphatic rings. The number of nitrogens with one attached hydrogen (secondary N) is 2. The van der Waals surface area contributed by atoms with Crippen LogP contribution in [0.3, 0.4) is 0 Å². The van der Waals surface area contributed by atoms with Crippen molar-refractivity contribution in [2.45, 2.75) is 0 Å². The number of amides is 3. The molecular weight excluding hydrogens is 336 g/mol. The zero-order chi connectivity index (χ0) is 18.5. The van der Waals surface area contributed by atoms with E-state index in [1.165, 1.54) is 12.1 Å². The molecule has 1 aromatic heterocycles. The summed E-state index contributed by atoms with van der Waals surface area (Å²) in [5.74, 6) is -1.70. The minimum absolute atomic E-state index is 0.0624. The second-order valence-electron chi connectivity index (χ2n) is 5.22. The van der Waals surface area contributed by atoms with E-state index in [1.807, 2.05) is 0 Å². The Bertz CT molecular complexity index is 966. The van der Waals surface area contributed by atoms with Crippen molar-refractivity contribution in [2.75, 3.05) is 10.6 Å². The average Bonchev–Trinajstić information content (AvgIpc) is 3.11. The van der Waals surface area contributed by atoms with Gasteiger partial charge in [0.25, 0.3) is 17.7 Å². The first-order chi connectivity index (χ1) is 12.5. The molecule has 2 aromatic carbocycles. The molecule has 3 amide bonds. The van der Waals surface area contributed by atoms with Crippen LogP contribution in [0.5, 0.6) is 0 Å². The summed E-state index contributed by atoms with van der Waals surface area (Å²) >= 11 is 0. The van der Waals surface area contributed by atoms with E-state index in [-0.39, 0.29) is 23.0 Å². The van der Waals surface area contributed by atoms with Crippen molar-refractivity contribution in [1.29, 1.82) is 0 Å². The molecule has 0 saturated carbocycles. The van der Waals surface area contributed by atoms with Crippen LogP contribution in [-0.4, -0.2) is 22.7 Å². The molecule has 1 heterocycles. The predicted molar refractivity (Wildman–Crippen MR) is 93.8 cm³/mol. The van der Waals surface area contributed by atoms with Gasteiger partial charge in [-0.25, -0.2) is 0 Å². The van der Waals surface area contributed by atoms with Crippen molar-refractivity contribution < 1.29 is 18.8 Å². The number of carbonyl (C=O) groups is 3. The number of carbonyl (C=O) groups excluding carboxylic acids is 3. The van der Waals surface area contributed by atoms with E-state index in [4.69, 9.17) is 10.2 Å². The van der Waals surface area contributed by atoms with Gasteiger partial charge in [0.15, 0.2) is 5.69 Å². The number of hydrogen-bond donors (Lipinski definition) is 3. The van der Waals surface area contributed by atoms with Gasteiger partial charge in [-0.2, -0.15) is 4.98 Å². The van der Waals surface area contributed by atoms with Gasteiger partial charge in [-0.05, 0) is 24.3 Å². The molecule has 0 aliphatic heterocycles. The Kier molecular flexibility index (Phi) is 4.75. The smallest absolute Gasteiger partial charge is 0.302 e. The van der Waals surface area contributed by atoms with Gasteiger partial charge >= 0.3 is 6.01 Å². The van der Waals surface area contributed by atoms with Crippen LogP contribution in [-0.2, 0) is 0 Å². The third-order valence-electron chi connectivity index (χ3n) is 3.43. The number of hydrogen-bond acceptors (Lipinski definition) is 5. The maximum atomic E-state index is 12.3. The fraction of sp³-hybridized carbons (Fsp3) is 0. The number of para-hydroxylation sites is 1. The van der Waals surface area contributed by atoms with E-state index in [2.05, 4.69) is 15.6 Å². The Morgan fingerprint density at radius 1 is 0.885 bits per heavy atom. The molecule has 0 spiro atoms. The minimum atomic E-state index is -0.670. The molecule has 3 rings (SSSR count). The van der Waals surface area contributed by atoms with Gasteiger partial charge in [-0.15, -0.1) is 0 Å². The van der Waals surface area contributed by atoms with Crippen LogP contribution in [0.15, 0.2) is 65.3 Å². The van der Waals surface area contributed by atoms with Crippen molar-refractivity contribution in [3.05, 3.63) is 77.7 Å². The molecule has 8 heteroatoms. The lowest BCUT2D eigenvalue weighted by Gasteiger charge is -2.06. The highest BCUT2D eigenvalue weighted by Crippen LogP contribution is 2.16. The Hall–Kier alpha value is -3.94. The number of anilines is 2. The third kappa shape index (κ3) is 3.75. The standard InChI is InChI=1S/C18H14N4O4/c19-15(23)12-8-4-5-9-13(12)20-17(25)14-10-26-18(21-14)22-16(24)11-6-2-1-3-7-11/h1-10H,(H2,19,23)(H,20,25)(H,21,22,24). The van der Waals surface area contributed by atoms with Crippen LogP contribution in [0.4, 0.5) is 11.7 Å². The van der Waals surface area contributed by atoms with Crippen LogP contribution < -0.4 is 16.4 Å². The first-order valence-corrected chi connectivity index (χ1v) is 7.56. The number of nitrogens with zero attached hydrogens (tertiary/aromatic N) is 1. The second-order valence-corrected chi connectivity index (χ2v) is 5.22. The van der Waals surface area contributed by atoms with Gasteiger partial charge in [-0.3, -0.25) is 19.7 Å². The fourth-order valence-electron chi connectivity index (χ4n) is 2.19. The zero-order valence-corrected chi connectivity index (χ0v) is 13.4. The van der Waals surface area contributed by atoms with Crippen molar-refractivity contribution in [2.24, 2.45) is 5.73 Å². The quantitative estimate of drug-likeness (QED) is 0.650. The second kappa shape index (κ2) is 7.31. The SMILES string of the molecule is NC(=O)c1ccccc1NC(=O)c1coc(NC(=O)c2ccccc2)n1. The van der Waals surface area contributed by atoms with Crippen LogP contribution in [0.1, 0.15) is 31.2 Å². The lowest BCUT2D eigenvalue weighted by atomic mass is 10.1. The number of aromatic nitrogens is 1. The van der Waals surface area contributed by atoms with Gasteiger partial charge in [-0.1, -0.05) is 30.3 Å². The number of rotatable bonds is 5. The third-order valence-corrected chi connectivity index (χ3v) is 3.43. The first kappa shape index (κ1) is 16.9. The summed E-state index contributed by atoms with van der Waals surface area (Å²) in [6.45, 7) is 0. The van der Waals surface area contributed by atoms with Crippen LogP contribution in [0, 0.1) is 0 Å². The summed E-state index contributed by atoms with van der Waals surface area (Å²) in [5.41, 5.74) is 6.05. The van der Waals surface area contributed by atoms with Crippen molar-refractivity contribution in [3.8, 4) is 0 Å². The molecule has 0 atom stereocenters. The average molecular weight is 350 g/mol. The van der Waals surface area contributed by atoms with E-state index in [0.29, 0.717) is 5.56 Å². The molecule has 0 aliphatic carbocycles. The predicted octanol–water partition coefficient (Wildman–Crippen LogP) is 2.28. The normalized spacial score (nSPS) is 10.2. The van der Waals surface area contributed by atoms with Crippen LogP contribution in [0.25, 0.3) is 0 Å². The number of primary amides is 1. The number of benzene rings is 2. The van der Waals surface area contributed by atoms with Gasteiger partial charge in [0.05, 0.1) is 11.3 Å². The highest BCUT2D eigenvalue weighted by atomic mass is 16.4. The molecule has 0 bridgehead atoms. The van der Waals surface area contributed by atoms with Crippen molar-refractivity contribution in [3.63, 3.8) is 0 Å². The van der Waals surface area contributed by atoms with E-state index >= 15 is 0 Å². The summed E-state index contributed by atoms with van der Waals surface area (Å²) in [6, 6.07) is 14.7. The lowest BCUT2D eigenvalue weighted by molar-refractivity contribution is 0.0997. The molecule has 8 nitrogen and oxygen atoms in total. The summed E-state index contributed by atoms with van der Waals surface area (Å²) in [5, 5.41) is 4.99. The Balaban J connectivity index is 1.71. The van der Waals surface area contributed by atoms with Crippen LogP contribution >= 0.6 is 0 Å². The molecule has 0 unspecified atom stereocenters. The summed E-state index contributed by atoms with van der Waals surface area (Å²) < 4.78 is 5.10. The monoisotopic (exact) mass is 350 g/mol. The van der Waals surface area contributed by atoms with Gasteiger partial charge in [0.2, 0.25) is 0 Å².